The number of carbonyl (C=O) groups excluding carboxylic acids is 2. The van der Waals surface area contributed by atoms with E-state index in [0.717, 1.165) is 25.6 Å². The SMILES string of the molecule is BCC[C@@H]1CC[C@@H](CNC(=O)CNC(=O)OC(C)(C)C)[C@@H](C(=O)O)C1. The zero-order valence-electron chi connectivity index (χ0n) is 15.8. The molecule has 0 heterocycles. The van der Waals surface area contributed by atoms with Gasteiger partial charge in [0.1, 0.15) is 13.4 Å². The Kier molecular flexibility index (Phi) is 8.25. The molecule has 3 atom stereocenters. The van der Waals surface area contributed by atoms with Crippen molar-refractivity contribution < 1.29 is 24.2 Å². The van der Waals surface area contributed by atoms with E-state index in [2.05, 4.69) is 18.5 Å². The van der Waals surface area contributed by atoms with Crippen molar-refractivity contribution in [3.05, 3.63) is 0 Å². The lowest BCUT2D eigenvalue weighted by Gasteiger charge is -2.34. The molecule has 2 amide bonds. The minimum absolute atomic E-state index is 0.0592. The van der Waals surface area contributed by atoms with E-state index in [9.17, 15) is 19.5 Å². The molecule has 1 fully saturated rings. The maximum Gasteiger partial charge on any atom is 0.408 e. The number of carbonyl (C=O) groups is 3. The highest BCUT2D eigenvalue weighted by molar-refractivity contribution is 6.08. The summed E-state index contributed by atoms with van der Waals surface area (Å²) >= 11 is 0. The number of carboxylic acids is 1. The van der Waals surface area contributed by atoms with Crippen molar-refractivity contribution in [2.24, 2.45) is 17.8 Å². The number of hydrogen-bond donors (Lipinski definition) is 3. The van der Waals surface area contributed by atoms with Crippen molar-refractivity contribution in [3.63, 3.8) is 0 Å². The molecule has 0 unspecified atom stereocenters. The van der Waals surface area contributed by atoms with Crippen LogP contribution in [-0.2, 0) is 14.3 Å². The fourth-order valence-corrected chi connectivity index (χ4v) is 3.31. The molecule has 0 bridgehead atoms. The first-order chi connectivity index (χ1) is 11.6. The summed E-state index contributed by atoms with van der Waals surface area (Å²) in [7, 11) is 2.11. The average Bonchev–Trinajstić information content (AvgIpc) is 2.50. The fraction of sp³-hybridized carbons (Fsp3) is 0.824. The molecule has 0 aromatic carbocycles. The molecule has 142 valence electrons. The number of rotatable bonds is 7. The van der Waals surface area contributed by atoms with Gasteiger partial charge in [0.15, 0.2) is 0 Å². The van der Waals surface area contributed by atoms with Crippen LogP contribution in [0.5, 0.6) is 0 Å². The lowest BCUT2D eigenvalue weighted by Crippen LogP contribution is -2.43. The Morgan fingerprint density at radius 3 is 2.44 bits per heavy atom. The van der Waals surface area contributed by atoms with E-state index in [1.165, 1.54) is 0 Å². The predicted octanol–water partition coefficient (Wildman–Crippen LogP) is 1.19. The first kappa shape index (κ1) is 21.3. The molecule has 0 aromatic heterocycles. The van der Waals surface area contributed by atoms with Gasteiger partial charge in [0.05, 0.1) is 12.5 Å². The normalized spacial score (nSPS) is 23.6. The standard InChI is InChI=1S/C17H31BN2O5/c1-17(2,3)25-16(24)20-10-14(21)19-9-12-5-4-11(6-7-18)8-13(12)15(22)23/h11-13H,4-10,18H2,1-3H3,(H,19,21)(H,20,24)(H,22,23)/t11-,12-,13-/m0/s1. The second kappa shape index (κ2) is 9.68. The van der Waals surface area contributed by atoms with Crippen LogP contribution >= 0.6 is 0 Å². The van der Waals surface area contributed by atoms with Crippen LogP contribution in [0.15, 0.2) is 0 Å². The van der Waals surface area contributed by atoms with E-state index < -0.39 is 23.6 Å². The summed E-state index contributed by atoms with van der Waals surface area (Å²) in [6.07, 6.45) is 3.97. The van der Waals surface area contributed by atoms with E-state index in [1.54, 1.807) is 20.8 Å². The molecule has 1 aliphatic rings. The molecule has 0 aromatic rings. The monoisotopic (exact) mass is 354 g/mol. The van der Waals surface area contributed by atoms with Crippen molar-refractivity contribution in [3.8, 4) is 0 Å². The molecule has 1 saturated carbocycles. The predicted molar refractivity (Wildman–Crippen MR) is 97.2 cm³/mol. The van der Waals surface area contributed by atoms with Crippen LogP contribution in [0.3, 0.4) is 0 Å². The summed E-state index contributed by atoms with van der Waals surface area (Å²) in [5.41, 5.74) is -0.619. The van der Waals surface area contributed by atoms with Crippen LogP contribution in [0.2, 0.25) is 6.32 Å². The number of carboxylic acid groups (broad SMARTS) is 1. The average molecular weight is 354 g/mol. The molecule has 25 heavy (non-hydrogen) atoms. The zero-order valence-corrected chi connectivity index (χ0v) is 15.8. The van der Waals surface area contributed by atoms with Crippen LogP contribution in [0, 0.1) is 17.8 Å². The van der Waals surface area contributed by atoms with Gasteiger partial charge in [0, 0.05) is 6.54 Å². The van der Waals surface area contributed by atoms with Gasteiger partial charge >= 0.3 is 12.1 Å². The lowest BCUT2D eigenvalue weighted by molar-refractivity contribution is -0.146. The van der Waals surface area contributed by atoms with E-state index >= 15 is 0 Å². The van der Waals surface area contributed by atoms with Gasteiger partial charge in [-0.1, -0.05) is 19.2 Å². The third-order valence-electron chi connectivity index (χ3n) is 4.47. The summed E-state index contributed by atoms with van der Waals surface area (Å²) in [5, 5.41) is 14.6. The highest BCUT2D eigenvalue weighted by Crippen LogP contribution is 2.36. The molecule has 8 heteroatoms. The maximum atomic E-state index is 11.9. The summed E-state index contributed by atoms with van der Waals surface area (Å²) < 4.78 is 5.06. The number of hydrogen-bond acceptors (Lipinski definition) is 4. The molecule has 3 N–H and O–H groups in total. The molecule has 0 radical (unpaired) electrons. The van der Waals surface area contributed by atoms with Gasteiger partial charge in [-0.3, -0.25) is 9.59 Å². The maximum absolute atomic E-state index is 11.9. The van der Waals surface area contributed by atoms with Gasteiger partial charge in [-0.2, -0.15) is 0 Å². The van der Waals surface area contributed by atoms with Gasteiger partial charge in [-0.05, 0) is 45.4 Å². The molecule has 0 spiro atoms. The minimum Gasteiger partial charge on any atom is -0.481 e. The van der Waals surface area contributed by atoms with E-state index in [-0.39, 0.29) is 18.4 Å². The third kappa shape index (κ3) is 8.27. The summed E-state index contributed by atoms with van der Waals surface area (Å²) in [5.74, 6) is -1.13. The van der Waals surface area contributed by atoms with Gasteiger partial charge in [0.2, 0.25) is 5.91 Å². The molecule has 1 aliphatic carbocycles. The smallest absolute Gasteiger partial charge is 0.408 e. The van der Waals surface area contributed by atoms with Gasteiger partial charge in [-0.25, -0.2) is 4.79 Å². The Labute approximate surface area is 150 Å². The van der Waals surface area contributed by atoms with Crippen molar-refractivity contribution in [1.82, 2.24) is 10.6 Å². The van der Waals surface area contributed by atoms with Crippen LogP contribution in [-0.4, -0.2) is 49.6 Å². The fourth-order valence-electron chi connectivity index (χ4n) is 3.31. The summed E-state index contributed by atoms with van der Waals surface area (Å²) in [6, 6.07) is 0. The van der Waals surface area contributed by atoms with Crippen molar-refractivity contribution in [2.75, 3.05) is 13.1 Å². The van der Waals surface area contributed by atoms with Gasteiger partial charge in [0.25, 0.3) is 0 Å². The van der Waals surface area contributed by atoms with E-state index in [1.807, 2.05) is 0 Å². The van der Waals surface area contributed by atoms with Crippen LogP contribution < -0.4 is 10.6 Å². The topological polar surface area (TPSA) is 105 Å². The van der Waals surface area contributed by atoms with Gasteiger partial charge in [-0.15, -0.1) is 0 Å². The van der Waals surface area contributed by atoms with Crippen molar-refractivity contribution in [1.29, 1.82) is 0 Å². The Hall–Kier alpha value is -1.73. The summed E-state index contributed by atoms with van der Waals surface area (Å²) in [6.45, 7) is 5.37. The largest absolute Gasteiger partial charge is 0.481 e. The Bertz CT molecular complexity index is 478. The Morgan fingerprint density at radius 2 is 1.88 bits per heavy atom. The minimum atomic E-state index is -0.785. The second-order valence-electron chi connectivity index (χ2n) is 7.83. The third-order valence-corrected chi connectivity index (χ3v) is 4.47. The molecule has 7 nitrogen and oxygen atoms in total. The zero-order chi connectivity index (χ0) is 19.0. The molecular weight excluding hydrogens is 323 g/mol. The second-order valence-corrected chi connectivity index (χ2v) is 7.83. The lowest BCUT2D eigenvalue weighted by atomic mass is 9.71. The van der Waals surface area contributed by atoms with Crippen LogP contribution in [0.25, 0.3) is 0 Å². The number of nitrogens with one attached hydrogen (secondary N) is 2. The first-order valence-electron chi connectivity index (χ1n) is 9.08. The summed E-state index contributed by atoms with van der Waals surface area (Å²) in [4.78, 5) is 34.9. The number of alkyl carbamates (subject to hydrolysis) is 1. The number of aliphatic carboxylic acids is 1. The van der Waals surface area contributed by atoms with Crippen molar-refractivity contribution in [2.45, 2.75) is 58.4 Å². The Balaban J connectivity index is 2.39. The van der Waals surface area contributed by atoms with Crippen molar-refractivity contribution >= 4 is 25.8 Å². The van der Waals surface area contributed by atoms with Crippen LogP contribution in [0.4, 0.5) is 4.79 Å². The molecular formula is C17H31BN2O5. The highest BCUT2D eigenvalue weighted by Gasteiger charge is 2.34. The Morgan fingerprint density at radius 1 is 1.20 bits per heavy atom. The number of ether oxygens (including phenoxy) is 1. The van der Waals surface area contributed by atoms with E-state index in [0.29, 0.717) is 18.9 Å². The van der Waals surface area contributed by atoms with Gasteiger partial charge < -0.3 is 20.5 Å². The molecule has 0 aliphatic heterocycles. The number of amides is 2. The molecule has 0 saturated heterocycles. The molecule has 1 rings (SSSR count). The highest BCUT2D eigenvalue weighted by atomic mass is 16.6. The quantitative estimate of drug-likeness (QED) is 0.596. The van der Waals surface area contributed by atoms with Crippen LogP contribution in [0.1, 0.15) is 46.5 Å². The van der Waals surface area contributed by atoms with E-state index in [4.69, 9.17) is 4.74 Å². The first-order valence-corrected chi connectivity index (χ1v) is 9.08.